The number of sulfonamides is 1. The monoisotopic (exact) mass is 444 g/mol. The molecule has 2 aromatic carbocycles. The fraction of sp³-hybridized carbons (Fsp3) is 0.200. The van der Waals surface area contributed by atoms with Gasteiger partial charge in [0.25, 0.3) is 5.89 Å². The summed E-state index contributed by atoms with van der Waals surface area (Å²) in [5.41, 5.74) is 2.24. The molecule has 8 nitrogen and oxygen atoms in total. The smallest absolute Gasteiger partial charge is 0.274 e. The number of hydrogen-bond acceptors (Lipinski definition) is 6. The number of halogens is 1. The van der Waals surface area contributed by atoms with Crippen LogP contribution in [0.2, 0.25) is 5.02 Å². The molecule has 0 atom stereocenters. The number of H-pyrrole nitrogens is 1. The summed E-state index contributed by atoms with van der Waals surface area (Å²) in [7, 11) is -3.54. The highest BCUT2D eigenvalue weighted by atomic mass is 35.5. The van der Waals surface area contributed by atoms with Crippen LogP contribution in [0, 0.1) is 0 Å². The topological polar surface area (TPSA) is 101 Å². The van der Waals surface area contributed by atoms with Crippen LogP contribution in [0.4, 0.5) is 0 Å². The Morgan fingerprint density at radius 1 is 1.03 bits per heavy atom. The molecular weight excluding hydrogens is 428 g/mol. The standard InChI is InChI=1S/C20H17ClN4O4S/c21-15-3-6-17-14(11-15)12-18(22-17)20-23-19(24-29-20)13-1-4-16(5-2-13)30(26,27)25-7-9-28-10-8-25/h1-6,11-12,22H,7-10H2. The van der Waals surface area contributed by atoms with Crippen LogP contribution in [0.25, 0.3) is 33.9 Å². The quantitative estimate of drug-likeness (QED) is 0.516. The first kappa shape index (κ1) is 19.3. The third kappa shape index (κ3) is 3.50. The van der Waals surface area contributed by atoms with Crippen LogP contribution in [-0.2, 0) is 14.8 Å². The van der Waals surface area contributed by atoms with Crippen molar-refractivity contribution >= 4 is 32.5 Å². The summed E-state index contributed by atoms with van der Waals surface area (Å²) in [5.74, 6) is 0.708. The Bertz CT molecular complexity index is 1310. The first-order chi connectivity index (χ1) is 14.5. The summed E-state index contributed by atoms with van der Waals surface area (Å²) < 4.78 is 37.5. The average molecular weight is 445 g/mol. The van der Waals surface area contributed by atoms with Gasteiger partial charge in [0.05, 0.1) is 18.1 Å². The molecule has 1 fully saturated rings. The number of morpholine rings is 1. The van der Waals surface area contributed by atoms with E-state index in [0.717, 1.165) is 10.9 Å². The minimum atomic E-state index is -3.54. The van der Waals surface area contributed by atoms with E-state index in [1.165, 1.54) is 4.31 Å². The maximum atomic E-state index is 12.7. The second-order valence-electron chi connectivity index (χ2n) is 6.88. The van der Waals surface area contributed by atoms with Crippen LogP contribution >= 0.6 is 11.6 Å². The molecule has 30 heavy (non-hydrogen) atoms. The molecule has 4 aromatic rings. The molecule has 1 aliphatic rings. The van der Waals surface area contributed by atoms with Crippen molar-refractivity contribution in [3.63, 3.8) is 0 Å². The van der Waals surface area contributed by atoms with Crippen LogP contribution in [0.5, 0.6) is 0 Å². The zero-order valence-corrected chi connectivity index (χ0v) is 17.3. The average Bonchev–Trinajstić information content (AvgIpc) is 3.41. The minimum absolute atomic E-state index is 0.226. The summed E-state index contributed by atoms with van der Waals surface area (Å²) >= 11 is 6.04. The zero-order valence-electron chi connectivity index (χ0n) is 15.7. The fourth-order valence-corrected chi connectivity index (χ4v) is 4.97. The molecule has 1 aliphatic heterocycles. The van der Waals surface area contributed by atoms with Gasteiger partial charge in [0.2, 0.25) is 15.8 Å². The third-order valence-corrected chi connectivity index (χ3v) is 7.11. The molecule has 5 rings (SSSR count). The lowest BCUT2D eigenvalue weighted by Crippen LogP contribution is -2.40. The summed E-state index contributed by atoms with van der Waals surface area (Å²) in [6.45, 7) is 1.52. The van der Waals surface area contributed by atoms with E-state index in [0.29, 0.717) is 54.3 Å². The molecule has 0 aliphatic carbocycles. The number of benzene rings is 2. The van der Waals surface area contributed by atoms with Crippen LogP contribution in [0.3, 0.4) is 0 Å². The van der Waals surface area contributed by atoms with E-state index in [4.69, 9.17) is 20.9 Å². The van der Waals surface area contributed by atoms with Crippen molar-refractivity contribution in [2.24, 2.45) is 0 Å². The predicted octanol–water partition coefficient (Wildman–Crippen LogP) is 3.56. The lowest BCUT2D eigenvalue weighted by Gasteiger charge is -2.26. The second kappa shape index (κ2) is 7.51. The molecule has 3 heterocycles. The molecule has 0 spiro atoms. The minimum Gasteiger partial charge on any atom is -0.379 e. The van der Waals surface area contributed by atoms with Gasteiger partial charge < -0.3 is 14.2 Å². The zero-order chi connectivity index (χ0) is 20.7. The van der Waals surface area contributed by atoms with Crippen LogP contribution in [-0.4, -0.2) is 54.2 Å². The Morgan fingerprint density at radius 3 is 2.57 bits per heavy atom. The molecule has 1 N–H and O–H groups in total. The van der Waals surface area contributed by atoms with Gasteiger partial charge >= 0.3 is 0 Å². The molecule has 2 aromatic heterocycles. The Labute approximate surface area is 177 Å². The van der Waals surface area contributed by atoms with Gasteiger partial charge in [-0.05, 0) is 48.5 Å². The molecule has 154 valence electrons. The van der Waals surface area contributed by atoms with Crippen LogP contribution in [0.15, 0.2) is 57.9 Å². The molecular formula is C20H17ClN4O4S. The van der Waals surface area contributed by atoms with Gasteiger partial charge in [0, 0.05) is 34.6 Å². The van der Waals surface area contributed by atoms with E-state index in [1.54, 1.807) is 30.3 Å². The van der Waals surface area contributed by atoms with Gasteiger partial charge in [0.1, 0.15) is 5.69 Å². The maximum absolute atomic E-state index is 12.7. The largest absolute Gasteiger partial charge is 0.379 e. The maximum Gasteiger partial charge on any atom is 0.274 e. The van der Waals surface area contributed by atoms with E-state index in [2.05, 4.69) is 15.1 Å². The number of hydrogen-bond donors (Lipinski definition) is 1. The van der Waals surface area contributed by atoms with Gasteiger partial charge in [-0.1, -0.05) is 16.8 Å². The number of rotatable bonds is 4. The third-order valence-electron chi connectivity index (χ3n) is 4.96. The first-order valence-electron chi connectivity index (χ1n) is 9.31. The number of aromatic nitrogens is 3. The molecule has 0 saturated carbocycles. The van der Waals surface area contributed by atoms with Crippen molar-refractivity contribution in [1.82, 2.24) is 19.4 Å². The van der Waals surface area contributed by atoms with Crippen molar-refractivity contribution in [2.75, 3.05) is 26.3 Å². The van der Waals surface area contributed by atoms with Crippen molar-refractivity contribution in [2.45, 2.75) is 4.90 Å². The normalized spacial score (nSPS) is 15.6. The molecule has 0 unspecified atom stereocenters. The molecule has 1 saturated heterocycles. The van der Waals surface area contributed by atoms with Gasteiger partial charge in [0.15, 0.2) is 0 Å². The van der Waals surface area contributed by atoms with Crippen LogP contribution < -0.4 is 0 Å². The van der Waals surface area contributed by atoms with E-state index in [9.17, 15) is 8.42 Å². The lowest BCUT2D eigenvalue weighted by atomic mass is 10.2. The highest BCUT2D eigenvalue weighted by Crippen LogP contribution is 2.27. The number of ether oxygens (including phenoxy) is 1. The van der Waals surface area contributed by atoms with Crippen molar-refractivity contribution in [3.05, 3.63) is 53.6 Å². The van der Waals surface area contributed by atoms with Crippen molar-refractivity contribution in [3.8, 4) is 23.0 Å². The SMILES string of the molecule is O=S(=O)(c1ccc(-c2noc(-c3cc4cc(Cl)ccc4[nH]3)n2)cc1)N1CCOCC1. The number of nitrogens with zero attached hydrogens (tertiary/aromatic N) is 3. The van der Waals surface area contributed by atoms with Crippen molar-refractivity contribution in [1.29, 1.82) is 0 Å². The van der Waals surface area contributed by atoms with Gasteiger partial charge in [-0.25, -0.2) is 8.42 Å². The van der Waals surface area contributed by atoms with Crippen LogP contribution in [0.1, 0.15) is 0 Å². The van der Waals surface area contributed by atoms with E-state index >= 15 is 0 Å². The Kier molecular flexibility index (Phi) is 4.82. The number of aromatic amines is 1. The van der Waals surface area contributed by atoms with E-state index < -0.39 is 10.0 Å². The summed E-state index contributed by atoms with van der Waals surface area (Å²) in [6.07, 6.45) is 0. The van der Waals surface area contributed by atoms with E-state index in [-0.39, 0.29) is 4.90 Å². The Balaban J connectivity index is 1.40. The Morgan fingerprint density at radius 2 is 1.80 bits per heavy atom. The summed E-state index contributed by atoms with van der Waals surface area (Å²) in [4.78, 5) is 7.88. The van der Waals surface area contributed by atoms with Gasteiger partial charge in [-0.15, -0.1) is 0 Å². The molecule has 0 bridgehead atoms. The predicted molar refractivity (Wildman–Crippen MR) is 112 cm³/mol. The summed E-state index contributed by atoms with van der Waals surface area (Å²) in [5, 5.41) is 5.61. The summed E-state index contributed by atoms with van der Waals surface area (Å²) in [6, 6.07) is 13.9. The highest BCUT2D eigenvalue weighted by molar-refractivity contribution is 7.89. The first-order valence-corrected chi connectivity index (χ1v) is 11.1. The Hall–Kier alpha value is -2.72. The lowest BCUT2D eigenvalue weighted by molar-refractivity contribution is 0.0730. The highest BCUT2D eigenvalue weighted by Gasteiger charge is 2.26. The molecule has 10 heteroatoms. The van der Waals surface area contributed by atoms with Gasteiger partial charge in [-0.3, -0.25) is 0 Å². The molecule has 0 amide bonds. The van der Waals surface area contributed by atoms with Crippen molar-refractivity contribution < 1.29 is 17.7 Å². The number of fused-ring (bicyclic) bond motifs is 1. The second-order valence-corrected chi connectivity index (χ2v) is 9.25. The molecule has 0 radical (unpaired) electrons. The van der Waals surface area contributed by atoms with E-state index in [1.807, 2.05) is 18.2 Å². The number of nitrogens with one attached hydrogen (secondary N) is 1. The van der Waals surface area contributed by atoms with Gasteiger partial charge in [-0.2, -0.15) is 9.29 Å². The fourth-order valence-electron chi connectivity index (χ4n) is 3.38.